The first kappa shape index (κ1) is 8.47. The molecule has 3 nitrogen and oxygen atoms in total. The topological polar surface area (TPSA) is 43.4 Å². The Morgan fingerprint density at radius 1 is 1.67 bits per heavy atom. The van der Waals surface area contributed by atoms with E-state index in [0.717, 1.165) is 6.26 Å². The van der Waals surface area contributed by atoms with Gasteiger partial charge in [-0.3, -0.25) is 4.18 Å². The summed E-state index contributed by atoms with van der Waals surface area (Å²) in [6, 6.07) is 0. The van der Waals surface area contributed by atoms with Crippen LogP contribution >= 0.6 is 0 Å². The maximum absolute atomic E-state index is 10.3. The second kappa shape index (κ2) is 2.85. The average Bonchev–Trinajstić information content (AvgIpc) is 1.62. The zero-order valence-corrected chi connectivity index (χ0v) is 6.10. The minimum absolute atomic E-state index is 0.667. The number of terminal acetylenes is 1. The third-order valence-corrected chi connectivity index (χ3v) is 1.19. The highest BCUT2D eigenvalue weighted by Crippen LogP contribution is 1.93. The molecule has 52 valence electrons. The first-order valence-corrected chi connectivity index (χ1v) is 4.12. The van der Waals surface area contributed by atoms with Crippen LogP contribution in [-0.2, 0) is 14.3 Å². The van der Waals surface area contributed by atoms with Crippen molar-refractivity contribution in [1.82, 2.24) is 0 Å². The molecule has 0 spiro atoms. The summed E-state index contributed by atoms with van der Waals surface area (Å²) in [5.41, 5.74) is 0. The maximum Gasteiger partial charge on any atom is 0.265 e. The Morgan fingerprint density at radius 2 is 2.11 bits per heavy atom. The standard InChI is InChI=1S/C5H8O3S/c1-4-5(2)8-9(3,6)7/h1,5H,2-3H3/t5-/m0/s1. The smallest absolute Gasteiger partial charge is 0.254 e. The molecule has 0 saturated carbocycles. The van der Waals surface area contributed by atoms with Crippen LogP contribution in [0.15, 0.2) is 0 Å². The molecule has 0 unspecified atom stereocenters. The molecule has 0 aliphatic heterocycles. The molecule has 1 atom stereocenters. The van der Waals surface area contributed by atoms with Crippen molar-refractivity contribution in [2.45, 2.75) is 13.0 Å². The molecule has 0 aliphatic rings. The Morgan fingerprint density at radius 3 is 2.22 bits per heavy atom. The number of hydrogen-bond acceptors (Lipinski definition) is 3. The Kier molecular flexibility index (Phi) is 2.68. The predicted molar refractivity (Wildman–Crippen MR) is 34.2 cm³/mol. The molecule has 0 aromatic heterocycles. The monoisotopic (exact) mass is 148 g/mol. The molecule has 0 bridgehead atoms. The first-order chi connectivity index (χ1) is 3.95. The van der Waals surface area contributed by atoms with Crippen molar-refractivity contribution in [1.29, 1.82) is 0 Å². The third kappa shape index (κ3) is 5.34. The first-order valence-electron chi connectivity index (χ1n) is 2.30. The van der Waals surface area contributed by atoms with Gasteiger partial charge in [0.15, 0.2) is 0 Å². The molecule has 0 amide bonds. The Hall–Kier alpha value is -0.530. The van der Waals surface area contributed by atoms with E-state index < -0.39 is 16.2 Å². The van der Waals surface area contributed by atoms with Crippen molar-refractivity contribution >= 4 is 10.1 Å². The van der Waals surface area contributed by atoms with Crippen molar-refractivity contribution in [3.05, 3.63) is 0 Å². The van der Waals surface area contributed by atoms with Gasteiger partial charge in [-0.15, -0.1) is 6.42 Å². The van der Waals surface area contributed by atoms with E-state index in [-0.39, 0.29) is 0 Å². The highest BCUT2D eigenvalue weighted by atomic mass is 32.2. The van der Waals surface area contributed by atoms with Gasteiger partial charge in [0.1, 0.15) is 6.10 Å². The largest absolute Gasteiger partial charge is 0.265 e. The molecule has 4 heteroatoms. The van der Waals surface area contributed by atoms with Crippen molar-refractivity contribution < 1.29 is 12.6 Å². The van der Waals surface area contributed by atoms with Crippen LogP contribution in [0.5, 0.6) is 0 Å². The normalized spacial score (nSPS) is 14.3. The van der Waals surface area contributed by atoms with Gasteiger partial charge in [0.2, 0.25) is 0 Å². The number of rotatable bonds is 2. The summed E-state index contributed by atoms with van der Waals surface area (Å²) < 4.78 is 24.9. The van der Waals surface area contributed by atoms with Gasteiger partial charge in [-0.2, -0.15) is 8.42 Å². The van der Waals surface area contributed by atoms with Crippen LogP contribution in [0.2, 0.25) is 0 Å². The summed E-state index contributed by atoms with van der Waals surface area (Å²) in [5.74, 6) is 2.12. The van der Waals surface area contributed by atoms with Crippen LogP contribution in [0.25, 0.3) is 0 Å². The van der Waals surface area contributed by atoms with Gasteiger partial charge in [0.25, 0.3) is 10.1 Å². The van der Waals surface area contributed by atoms with E-state index in [1.54, 1.807) is 0 Å². The highest BCUT2D eigenvalue weighted by Gasteiger charge is 2.05. The number of hydrogen-bond donors (Lipinski definition) is 0. The highest BCUT2D eigenvalue weighted by molar-refractivity contribution is 7.86. The van der Waals surface area contributed by atoms with Crippen molar-refractivity contribution in [2.75, 3.05) is 6.26 Å². The van der Waals surface area contributed by atoms with Gasteiger partial charge in [0, 0.05) is 0 Å². The van der Waals surface area contributed by atoms with Crippen molar-refractivity contribution in [3.8, 4) is 12.3 Å². The zero-order valence-electron chi connectivity index (χ0n) is 5.29. The van der Waals surface area contributed by atoms with E-state index in [0.29, 0.717) is 0 Å². The molecule has 0 saturated heterocycles. The Balaban J connectivity index is 3.94. The minimum Gasteiger partial charge on any atom is -0.254 e. The lowest BCUT2D eigenvalue weighted by Crippen LogP contribution is -2.11. The van der Waals surface area contributed by atoms with E-state index >= 15 is 0 Å². The van der Waals surface area contributed by atoms with Crippen LogP contribution in [0.3, 0.4) is 0 Å². The van der Waals surface area contributed by atoms with Crippen LogP contribution in [0.4, 0.5) is 0 Å². The molecule has 0 radical (unpaired) electrons. The fourth-order valence-corrected chi connectivity index (χ4v) is 0.870. The Labute approximate surface area is 55.1 Å². The summed E-state index contributed by atoms with van der Waals surface area (Å²) in [6.45, 7) is 1.49. The van der Waals surface area contributed by atoms with Crippen LogP contribution in [0.1, 0.15) is 6.92 Å². The summed E-state index contributed by atoms with van der Waals surface area (Å²) in [4.78, 5) is 0. The summed E-state index contributed by atoms with van der Waals surface area (Å²) >= 11 is 0. The maximum atomic E-state index is 10.3. The molecule has 0 heterocycles. The van der Waals surface area contributed by atoms with E-state index in [1.807, 2.05) is 0 Å². The lowest BCUT2D eigenvalue weighted by molar-refractivity contribution is 0.286. The minimum atomic E-state index is -3.38. The van der Waals surface area contributed by atoms with Gasteiger partial charge in [-0.1, -0.05) is 5.92 Å². The van der Waals surface area contributed by atoms with E-state index in [1.165, 1.54) is 6.92 Å². The van der Waals surface area contributed by atoms with E-state index in [2.05, 4.69) is 10.1 Å². The van der Waals surface area contributed by atoms with Crippen LogP contribution in [0, 0.1) is 12.3 Å². The molecule has 0 aliphatic carbocycles. The van der Waals surface area contributed by atoms with Gasteiger partial charge in [-0.05, 0) is 6.92 Å². The van der Waals surface area contributed by atoms with Crippen LogP contribution < -0.4 is 0 Å². The lowest BCUT2D eigenvalue weighted by atomic mass is 10.4. The molecule has 0 aromatic carbocycles. The molecule has 0 fully saturated rings. The average molecular weight is 148 g/mol. The van der Waals surface area contributed by atoms with E-state index in [4.69, 9.17) is 6.42 Å². The quantitative estimate of drug-likeness (QED) is 0.408. The Bertz CT molecular complexity index is 209. The van der Waals surface area contributed by atoms with Gasteiger partial charge < -0.3 is 0 Å². The fourth-order valence-electron chi connectivity index (χ4n) is 0.290. The summed E-state index contributed by atoms with van der Waals surface area (Å²) in [7, 11) is -3.38. The predicted octanol–water partition coefficient (Wildman–Crippen LogP) is -0.0157. The summed E-state index contributed by atoms with van der Waals surface area (Å²) in [6.07, 6.45) is 5.13. The summed E-state index contributed by atoms with van der Waals surface area (Å²) in [5, 5.41) is 0. The van der Waals surface area contributed by atoms with Crippen molar-refractivity contribution in [2.24, 2.45) is 0 Å². The van der Waals surface area contributed by atoms with E-state index in [9.17, 15) is 8.42 Å². The third-order valence-electron chi connectivity index (χ3n) is 0.554. The second-order valence-electron chi connectivity index (χ2n) is 1.61. The van der Waals surface area contributed by atoms with Gasteiger partial charge in [-0.25, -0.2) is 0 Å². The molecule has 0 N–H and O–H groups in total. The molecule has 0 rings (SSSR count). The van der Waals surface area contributed by atoms with Gasteiger partial charge >= 0.3 is 0 Å². The molecular formula is C5H8O3S. The molecular weight excluding hydrogens is 140 g/mol. The lowest BCUT2D eigenvalue weighted by Gasteiger charge is -2.00. The SMILES string of the molecule is C#C[C@H](C)OS(C)(=O)=O. The van der Waals surface area contributed by atoms with Gasteiger partial charge in [0.05, 0.1) is 6.26 Å². The second-order valence-corrected chi connectivity index (χ2v) is 3.21. The molecule has 0 aromatic rings. The molecule has 9 heavy (non-hydrogen) atoms. The fraction of sp³-hybridized carbons (Fsp3) is 0.600. The van der Waals surface area contributed by atoms with Crippen LogP contribution in [-0.4, -0.2) is 20.8 Å². The zero-order chi connectivity index (χ0) is 7.49. The van der Waals surface area contributed by atoms with Crippen molar-refractivity contribution in [3.63, 3.8) is 0 Å².